The Labute approximate surface area is 117 Å². The molecule has 100 valence electrons. The molecule has 0 saturated heterocycles. The molecule has 1 aromatic heterocycles. The minimum absolute atomic E-state index is 0.0818. The fourth-order valence-electron chi connectivity index (χ4n) is 1.57. The monoisotopic (exact) mass is 327 g/mol. The number of hydrogen-bond donors (Lipinski definition) is 0. The molecule has 0 spiro atoms. The second kappa shape index (κ2) is 5.48. The van der Waals surface area contributed by atoms with Crippen LogP contribution in [0.4, 0.5) is 4.39 Å². The van der Waals surface area contributed by atoms with Gasteiger partial charge in [-0.25, -0.2) is 18.9 Å². The minimum atomic E-state index is -0.623. The molecule has 0 atom stereocenters. The number of carbonyl (C=O) groups excluding carboxylic acids is 1. The smallest absolute Gasteiger partial charge is 0.378 e. The zero-order chi connectivity index (χ0) is 14.0. The van der Waals surface area contributed by atoms with Gasteiger partial charge in [-0.2, -0.15) is 0 Å². The Morgan fingerprint density at radius 1 is 1.53 bits per heavy atom. The summed E-state index contributed by atoms with van der Waals surface area (Å²) in [6.07, 6.45) is 0. The summed E-state index contributed by atoms with van der Waals surface area (Å²) in [5.74, 6) is -0.878. The molecule has 0 aliphatic heterocycles. The van der Waals surface area contributed by atoms with E-state index in [0.717, 1.165) is 0 Å². The molecule has 5 nitrogen and oxygen atoms in total. The quantitative estimate of drug-likeness (QED) is 0.813. The van der Waals surface area contributed by atoms with Gasteiger partial charge >= 0.3 is 5.97 Å². The van der Waals surface area contributed by atoms with Crippen LogP contribution in [-0.4, -0.2) is 27.3 Å². The molecular formula is C12H11BrFN3O2. The van der Waals surface area contributed by atoms with E-state index in [2.05, 4.69) is 26.0 Å². The van der Waals surface area contributed by atoms with Crippen molar-refractivity contribution in [3.8, 4) is 11.4 Å². The maximum absolute atomic E-state index is 13.8. The number of hydrogen-bond acceptors (Lipinski definition) is 4. The Morgan fingerprint density at radius 3 is 2.89 bits per heavy atom. The van der Waals surface area contributed by atoms with E-state index >= 15 is 0 Å². The molecule has 19 heavy (non-hydrogen) atoms. The average molecular weight is 328 g/mol. The van der Waals surface area contributed by atoms with Crippen molar-refractivity contribution >= 4 is 21.9 Å². The van der Waals surface area contributed by atoms with E-state index in [9.17, 15) is 9.18 Å². The van der Waals surface area contributed by atoms with Crippen molar-refractivity contribution in [1.82, 2.24) is 14.8 Å². The van der Waals surface area contributed by atoms with E-state index in [4.69, 9.17) is 4.74 Å². The van der Waals surface area contributed by atoms with Crippen LogP contribution in [0.2, 0.25) is 0 Å². The SMILES string of the molecule is CCOC(=O)c1nc(-c2ccc(Br)cc2F)n(C)n1. The maximum atomic E-state index is 13.8. The summed E-state index contributed by atoms with van der Waals surface area (Å²) >= 11 is 3.18. The van der Waals surface area contributed by atoms with Gasteiger partial charge < -0.3 is 4.74 Å². The molecule has 2 aromatic rings. The standard InChI is InChI=1S/C12H11BrFN3O2/c1-3-19-12(18)10-15-11(17(2)16-10)8-5-4-7(13)6-9(8)14/h4-6H,3H2,1-2H3. The van der Waals surface area contributed by atoms with Crippen LogP contribution in [0.15, 0.2) is 22.7 Å². The second-order valence-electron chi connectivity index (χ2n) is 3.73. The predicted octanol–water partition coefficient (Wildman–Crippen LogP) is 2.56. The van der Waals surface area contributed by atoms with Gasteiger partial charge in [0.25, 0.3) is 5.82 Å². The van der Waals surface area contributed by atoms with Crippen molar-refractivity contribution in [3.05, 3.63) is 34.3 Å². The Morgan fingerprint density at radius 2 is 2.26 bits per heavy atom. The zero-order valence-electron chi connectivity index (χ0n) is 10.4. The Kier molecular flexibility index (Phi) is 3.94. The third kappa shape index (κ3) is 2.81. The van der Waals surface area contributed by atoms with Crippen molar-refractivity contribution < 1.29 is 13.9 Å². The molecule has 7 heteroatoms. The number of carbonyl (C=O) groups is 1. The first-order valence-corrected chi connectivity index (χ1v) is 6.35. The number of esters is 1. The molecule has 0 radical (unpaired) electrons. The van der Waals surface area contributed by atoms with Crippen molar-refractivity contribution in [2.24, 2.45) is 7.05 Å². The molecular weight excluding hydrogens is 317 g/mol. The summed E-state index contributed by atoms with van der Waals surface area (Å²) in [7, 11) is 1.59. The van der Waals surface area contributed by atoms with Crippen LogP contribution < -0.4 is 0 Å². The van der Waals surface area contributed by atoms with Gasteiger partial charge in [0.2, 0.25) is 0 Å². The summed E-state index contributed by atoms with van der Waals surface area (Å²) in [6.45, 7) is 1.93. The minimum Gasteiger partial charge on any atom is -0.460 e. The van der Waals surface area contributed by atoms with Crippen LogP contribution in [-0.2, 0) is 11.8 Å². The zero-order valence-corrected chi connectivity index (χ0v) is 11.9. The normalized spacial score (nSPS) is 10.5. The Hall–Kier alpha value is -1.76. The van der Waals surface area contributed by atoms with E-state index in [-0.39, 0.29) is 23.8 Å². The van der Waals surface area contributed by atoms with Gasteiger partial charge in [0, 0.05) is 11.5 Å². The lowest BCUT2D eigenvalue weighted by Gasteiger charge is -2.01. The highest BCUT2D eigenvalue weighted by atomic mass is 79.9. The van der Waals surface area contributed by atoms with Crippen LogP contribution in [0.1, 0.15) is 17.5 Å². The first-order valence-electron chi connectivity index (χ1n) is 5.56. The molecule has 2 rings (SSSR count). The number of ether oxygens (including phenoxy) is 1. The summed E-state index contributed by atoms with van der Waals surface area (Å²) in [5, 5.41) is 3.92. The fraction of sp³-hybridized carbons (Fsp3) is 0.250. The number of benzene rings is 1. The lowest BCUT2D eigenvalue weighted by molar-refractivity contribution is 0.0512. The van der Waals surface area contributed by atoms with E-state index in [1.807, 2.05) is 0 Å². The average Bonchev–Trinajstić information content (AvgIpc) is 2.72. The molecule has 1 aromatic carbocycles. The Balaban J connectivity index is 2.43. The number of aryl methyl sites for hydroxylation is 1. The van der Waals surface area contributed by atoms with Gasteiger partial charge in [-0.3, -0.25) is 0 Å². The maximum Gasteiger partial charge on any atom is 0.378 e. The number of nitrogens with zero attached hydrogens (tertiary/aromatic N) is 3. The molecule has 0 saturated carbocycles. The van der Waals surface area contributed by atoms with Crippen LogP contribution in [0.25, 0.3) is 11.4 Å². The van der Waals surface area contributed by atoms with Gasteiger partial charge in [-0.15, -0.1) is 5.10 Å². The summed E-state index contributed by atoms with van der Waals surface area (Å²) in [6, 6.07) is 4.59. The van der Waals surface area contributed by atoms with Crippen LogP contribution in [0, 0.1) is 5.82 Å². The highest BCUT2D eigenvalue weighted by Gasteiger charge is 2.18. The first-order chi connectivity index (χ1) is 9.02. The molecule has 0 bridgehead atoms. The van der Waals surface area contributed by atoms with E-state index in [0.29, 0.717) is 4.47 Å². The molecule has 1 heterocycles. The van der Waals surface area contributed by atoms with E-state index in [1.165, 1.54) is 10.7 Å². The molecule has 0 aliphatic carbocycles. The van der Waals surface area contributed by atoms with Gasteiger partial charge in [0.1, 0.15) is 5.82 Å². The number of rotatable bonds is 3. The van der Waals surface area contributed by atoms with Crippen LogP contribution in [0.3, 0.4) is 0 Å². The third-order valence-electron chi connectivity index (χ3n) is 2.39. The van der Waals surface area contributed by atoms with Crippen molar-refractivity contribution in [2.45, 2.75) is 6.92 Å². The molecule has 0 unspecified atom stereocenters. The van der Waals surface area contributed by atoms with Crippen molar-refractivity contribution in [2.75, 3.05) is 6.61 Å². The summed E-state index contributed by atoms with van der Waals surface area (Å²) in [4.78, 5) is 15.5. The third-order valence-corrected chi connectivity index (χ3v) is 2.89. The predicted molar refractivity (Wildman–Crippen MR) is 70.1 cm³/mol. The van der Waals surface area contributed by atoms with Crippen LogP contribution in [0.5, 0.6) is 0 Å². The number of aromatic nitrogens is 3. The summed E-state index contributed by atoms with van der Waals surface area (Å²) in [5.41, 5.74) is 0.272. The van der Waals surface area contributed by atoms with Gasteiger partial charge in [-0.1, -0.05) is 15.9 Å². The highest BCUT2D eigenvalue weighted by molar-refractivity contribution is 9.10. The molecule has 0 N–H and O–H groups in total. The van der Waals surface area contributed by atoms with Gasteiger partial charge in [0.15, 0.2) is 5.82 Å². The fourth-order valence-corrected chi connectivity index (χ4v) is 1.91. The van der Waals surface area contributed by atoms with Gasteiger partial charge in [0.05, 0.1) is 12.2 Å². The van der Waals surface area contributed by atoms with E-state index < -0.39 is 11.8 Å². The molecule has 0 fully saturated rings. The Bertz CT molecular complexity index is 627. The number of halogens is 2. The largest absolute Gasteiger partial charge is 0.460 e. The molecule has 0 aliphatic rings. The second-order valence-corrected chi connectivity index (χ2v) is 4.64. The lowest BCUT2D eigenvalue weighted by Crippen LogP contribution is -2.07. The topological polar surface area (TPSA) is 57.0 Å². The van der Waals surface area contributed by atoms with Crippen molar-refractivity contribution in [3.63, 3.8) is 0 Å². The van der Waals surface area contributed by atoms with Gasteiger partial charge in [-0.05, 0) is 25.1 Å². The van der Waals surface area contributed by atoms with Crippen molar-refractivity contribution in [1.29, 1.82) is 0 Å². The van der Waals surface area contributed by atoms with E-state index in [1.54, 1.807) is 26.1 Å². The summed E-state index contributed by atoms with van der Waals surface area (Å²) < 4.78 is 20.6. The first kappa shape index (κ1) is 13.7. The van der Waals surface area contributed by atoms with Crippen LogP contribution >= 0.6 is 15.9 Å². The molecule has 0 amide bonds. The lowest BCUT2D eigenvalue weighted by atomic mass is 10.2. The highest BCUT2D eigenvalue weighted by Crippen LogP contribution is 2.23.